The van der Waals surface area contributed by atoms with Crippen LogP contribution in [0.25, 0.3) is 0 Å². The molecule has 2 atom stereocenters. The maximum atomic E-state index is 6.07. The van der Waals surface area contributed by atoms with E-state index in [1.54, 1.807) is 0 Å². The Balaban J connectivity index is 1.65. The van der Waals surface area contributed by atoms with E-state index in [4.69, 9.17) is 4.74 Å². The van der Waals surface area contributed by atoms with Crippen molar-refractivity contribution in [3.63, 3.8) is 0 Å². The predicted octanol–water partition coefficient (Wildman–Crippen LogP) is 3.17. The fourth-order valence-electron chi connectivity index (χ4n) is 3.26. The van der Waals surface area contributed by atoms with E-state index in [2.05, 4.69) is 65.1 Å². The summed E-state index contributed by atoms with van der Waals surface area (Å²) in [6, 6.07) is 15.5. The van der Waals surface area contributed by atoms with Crippen molar-refractivity contribution in [2.24, 2.45) is 0 Å². The first-order valence-electron chi connectivity index (χ1n) is 8.42. The monoisotopic (exact) mass is 330 g/mol. The molecule has 1 fully saturated rings. The van der Waals surface area contributed by atoms with E-state index < -0.39 is 0 Å². The minimum atomic E-state index is 0.275. The van der Waals surface area contributed by atoms with Gasteiger partial charge >= 0.3 is 0 Å². The van der Waals surface area contributed by atoms with Crippen LogP contribution in [0, 0.1) is 0 Å². The van der Waals surface area contributed by atoms with Gasteiger partial charge in [0, 0.05) is 30.6 Å². The molecule has 1 aliphatic heterocycles. The van der Waals surface area contributed by atoms with Gasteiger partial charge in [-0.25, -0.2) is 0 Å². The second-order valence-electron chi connectivity index (χ2n) is 6.20. The molecule has 2 unspecified atom stereocenters. The first-order chi connectivity index (χ1) is 11.3. The number of benzene rings is 1. The van der Waals surface area contributed by atoms with Gasteiger partial charge in [0.15, 0.2) is 0 Å². The number of hydrogen-bond acceptors (Lipinski definition) is 4. The molecular weight excluding hydrogens is 304 g/mol. The number of thiophene rings is 1. The zero-order chi connectivity index (χ0) is 15.9. The van der Waals surface area contributed by atoms with Gasteiger partial charge in [0.1, 0.15) is 0 Å². The lowest BCUT2D eigenvalue weighted by Gasteiger charge is -2.37. The second-order valence-corrected chi connectivity index (χ2v) is 7.23. The maximum absolute atomic E-state index is 6.07. The summed E-state index contributed by atoms with van der Waals surface area (Å²) in [4.78, 5) is 3.92. The highest BCUT2D eigenvalue weighted by atomic mass is 32.1. The third-order valence-electron chi connectivity index (χ3n) is 4.49. The minimum absolute atomic E-state index is 0.275. The topological polar surface area (TPSA) is 24.5 Å². The molecule has 1 aromatic heterocycles. The minimum Gasteiger partial charge on any atom is -0.374 e. The van der Waals surface area contributed by atoms with Crippen LogP contribution in [0.2, 0.25) is 0 Å². The standard InChI is InChI=1S/C19H26N2OS/c1-21(15-16-6-3-2-4-7-16)18(19-14-20-11-12-22-19)10-9-17-8-5-13-23-17/h2-8,13,18-20H,9-12,14-15H2,1H3. The van der Waals surface area contributed by atoms with Crippen molar-refractivity contribution in [1.29, 1.82) is 0 Å². The van der Waals surface area contributed by atoms with E-state index in [0.29, 0.717) is 6.04 Å². The van der Waals surface area contributed by atoms with Crippen molar-refractivity contribution in [2.75, 3.05) is 26.7 Å². The molecule has 0 amide bonds. The number of rotatable bonds is 7. The molecule has 1 aromatic carbocycles. The predicted molar refractivity (Wildman–Crippen MR) is 96.9 cm³/mol. The first-order valence-corrected chi connectivity index (χ1v) is 9.30. The van der Waals surface area contributed by atoms with Gasteiger partial charge in [-0.05, 0) is 36.9 Å². The van der Waals surface area contributed by atoms with Crippen LogP contribution in [0.5, 0.6) is 0 Å². The summed E-state index contributed by atoms with van der Waals surface area (Å²) in [5.74, 6) is 0. The number of aryl methyl sites for hydroxylation is 1. The lowest BCUT2D eigenvalue weighted by atomic mass is 10.0. The fourth-order valence-corrected chi connectivity index (χ4v) is 3.98. The smallest absolute Gasteiger partial charge is 0.0855 e. The van der Waals surface area contributed by atoms with Crippen molar-refractivity contribution < 1.29 is 4.74 Å². The van der Waals surface area contributed by atoms with Crippen LogP contribution >= 0.6 is 11.3 Å². The van der Waals surface area contributed by atoms with Crippen LogP contribution in [0.4, 0.5) is 0 Å². The molecule has 0 aliphatic carbocycles. The SMILES string of the molecule is CN(Cc1ccccc1)C(CCc1cccs1)C1CNCCO1. The van der Waals surface area contributed by atoms with Gasteiger partial charge in [-0.1, -0.05) is 36.4 Å². The van der Waals surface area contributed by atoms with Gasteiger partial charge in [-0.15, -0.1) is 11.3 Å². The van der Waals surface area contributed by atoms with Crippen molar-refractivity contribution in [3.8, 4) is 0 Å². The Morgan fingerprint density at radius 3 is 2.83 bits per heavy atom. The summed E-state index contributed by atoms with van der Waals surface area (Å²) < 4.78 is 6.07. The number of likely N-dealkylation sites (N-methyl/N-ethyl adjacent to an activating group) is 1. The summed E-state index contributed by atoms with van der Waals surface area (Å²) in [6.07, 6.45) is 2.54. The van der Waals surface area contributed by atoms with Crippen LogP contribution < -0.4 is 5.32 Å². The van der Waals surface area contributed by atoms with Gasteiger partial charge in [0.2, 0.25) is 0 Å². The Morgan fingerprint density at radius 1 is 1.26 bits per heavy atom. The molecule has 124 valence electrons. The highest BCUT2D eigenvalue weighted by Gasteiger charge is 2.27. The van der Waals surface area contributed by atoms with Crippen molar-refractivity contribution in [1.82, 2.24) is 10.2 Å². The van der Waals surface area contributed by atoms with Gasteiger partial charge in [-0.2, -0.15) is 0 Å². The van der Waals surface area contributed by atoms with Gasteiger partial charge < -0.3 is 10.1 Å². The molecular formula is C19H26N2OS. The number of morpholine rings is 1. The lowest BCUT2D eigenvalue weighted by Crippen LogP contribution is -2.51. The highest BCUT2D eigenvalue weighted by molar-refractivity contribution is 7.09. The van der Waals surface area contributed by atoms with Crippen molar-refractivity contribution in [2.45, 2.75) is 31.5 Å². The fraction of sp³-hybridized carbons (Fsp3) is 0.474. The van der Waals surface area contributed by atoms with E-state index in [0.717, 1.165) is 39.1 Å². The van der Waals surface area contributed by atoms with Crippen LogP contribution in [-0.4, -0.2) is 43.8 Å². The summed E-state index contributed by atoms with van der Waals surface area (Å²) in [7, 11) is 2.23. The summed E-state index contributed by atoms with van der Waals surface area (Å²) >= 11 is 1.85. The van der Waals surface area contributed by atoms with Crippen molar-refractivity contribution >= 4 is 11.3 Å². The molecule has 0 saturated carbocycles. The molecule has 2 aromatic rings. The number of nitrogens with one attached hydrogen (secondary N) is 1. The average molecular weight is 330 g/mol. The van der Waals surface area contributed by atoms with Gasteiger partial charge in [0.25, 0.3) is 0 Å². The highest BCUT2D eigenvalue weighted by Crippen LogP contribution is 2.20. The molecule has 3 nitrogen and oxygen atoms in total. The Morgan fingerprint density at radius 2 is 2.13 bits per heavy atom. The zero-order valence-corrected chi connectivity index (χ0v) is 14.6. The van der Waals surface area contributed by atoms with E-state index in [9.17, 15) is 0 Å². The zero-order valence-electron chi connectivity index (χ0n) is 13.8. The molecule has 2 heterocycles. The second kappa shape index (κ2) is 8.60. The molecule has 0 spiro atoms. The lowest BCUT2D eigenvalue weighted by molar-refractivity contribution is -0.0298. The van der Waals surface area contributed by atoms with Crippen LogP contribution in [-0.2, 0) is 17.7 Å². The first kappa shape index (κ1) is 16.7. The maximum Gasteiger partial charge on any atom is 0.0855 e. The van der Waals surface area contributed by atoms with Crippen LogP contribution in [0.1, 0.15) is 16.9 Å². The summed E-state index contributed by atoms with van der Waals surface area (Å²) in [5, 5.41) is 5.64. The summed E-state index contributed by atoms with van der Waals surface area (Å²) in [5.41, 5.74) is 1.36. The largest absolute Gasteiger partial charge is 0.374 e. The molecule has 3 rings (SSSR count). The molecule has 23 heavy (non-hydrogen) atoms. The molecule has 0 radical (unpaired) electrons. The molecule has 1 aliphatic rings. The van der Waals surface area contributed by atoms with E-state index >= 15 is 0 Å². The van der Waals surface area contributed by atoms with Gasteiger partial charge in [0.05, 0.1) is 12.7 Å². The summed E-state index contributed by atoms with van der Waals surface area (Å²) in [6.45, 7) is 3.71. The Labute approximate surface area is 143 Å². The number of hydrogen-bond donors (Lipinski definition) is 1. The third kappa shape index (κ3) is 4.88. The molecule has 4 heteroatoms. The quantitative estimate of drug-likeness (QED) is 0.844. The Kier molecular flexibility index (Phi) is 6.22. The van der Waals surface area contributed by atoms with Gasteiger partial charge in [-0.3, -0.25) is 4.90 Å². The third-order valence-corrected chi connectivity index (χ3v) is 5.43. The number of ether oxygens (including phenoxy) is 1. The van der Waals surface area contributed by atoms with Crippen molar-refractivity contribution in [3.05, 3.63) is 58.3 Å². The normalized spacial score (nSPS) is 19.8. The Hall–Kier alpha value is -1.20. The van der Waals surface area contributed by atoms with E-state index in [-0.39, 0.29) is 6.10 Å². The van der Waals surface area contributed by atoms with Crippen LogP contribution in [0.15, 0.2) is 47.8 Å². The van der Waals surface area contributed by atoms with E-state index in [1.807, 2.05) is 11.3 Å². The Bertz CT molecular complexity index is 552. The van der Waals surface area contributed by atoms with E-state index in [1.165, 1.54) is 10.4 Å². The molecule has 1 N–H and O–H groups in total. The van der Waals surface area contributed by atoms with Crippen LogP contribution in [0.3, 0.4) is 0 Å². The molecule has 1 saturated heterocycles. The number of nitrogens with zero attached hydrogens (tertiary/aromatic N) is 1. The molecule has 0 bridgehead atoms. The average Bonchev–Trinajstić information content (AvgIpc) is 3.10.